The minimum Gasteiger partial charge on any atom is -0.326 e. The Morgan fingerprint density at radius 2 is 1.65 bits per heavy atom. The lowest BCUT2D eigenvalue weighted by Crippen LogP contribution is -2.26. The van der Waals surface area contributed by atoms with Crippen LogP contribution in [0, 0.1) is 0 Å². The first kappa shape index (κ1) is 14.2. The van der Waals surface area contributed by atoms with Gasteiger partial charge in [0.15, 0.2) is 0 Å². The van der Waals surface area contributed by atoms with E-state index in [1.165, 1.54) is 17.5 Å². The molecule has 0 spiro atoms. The van der Waals surface area contributed by atoms with Gasteiger partial charge in [-0.15, -0.1) is 0 Å². The van der Waals surface area contributed by atoms with Gasteiger partial charge in [-0.05, 0) is 38.3 Å². The summed E-state index contributed by atoms with van der Waals surface area (Å²) < 4.78 is 0. The second-order valence-electron chi connectivity index (χ2n) is 5.91. The van der Waals surface area contributed by atoms with E-state index < -0.39 is 0 Å². The molecule has 0 bridgehead atoms. The van der Waals surface area contributed by atoms with Crippen LogP contribution in [0.3, 0.4) is 0 Å². The van der Waals surface area contributed by atoms with Gasteiger partial charge in [-0.1, -0.05) is 48.6 Å². The number of fused-ring (bicyclic) bond motifs is 1. The van der Waals surface area contributed by atoms with Gasteiger partial charge in [-0.25, -0.2) is 0 Å². The van der Waals surface area contributed by atoms with Crippen LogP contribution in [0.5, 0.6) is 0 Å². The van der Waals surface area contributed by atoms with Gasteiger partial charge >= 0.3 is 0 Å². The Morgan fingerprint density at radius 1 is 1.12 bits per heavy atom. The van der Waals surface area contributed by atoms with E-state index in [1.54, 1.807) is 5.20 Å². The van der Waals surface area contributed by atoms with Crippen molar-refractivity contribution in [3.63, 3.8) is 0 Å². The lowest BCUT2D eigenvalue weighted by molar-refractivity contribution is 0.580. The lowest BCUT2D eigenvalue weighted by Gasteiger charge is -2.06. The molecule has 93 valence electrons. The van der Waals surface area contributed by atoms with Crippen molar-refractivity contribution in [3.8, 4) is 0 Å². The molecular formula is C15H24NSi. The fraction of sp³-hybridized carbons (Fsp3) is 0.467. The van der Waals surface area contributed by atoms with E-state index in [4.69, 9.17) is 5.73 Å². The van der Waals surface area contributed by atoms with E-state index in [0.717, 1.165) is 0 Å². The molecule has 1 nitrogen and oxygen atoms in total. The number of hydrogen-bond donors (Lipinski definition) is 1. The maximum Gasteiger partial charge on any atom is 0.0741 e. The third-order valence-electron chi connectivity index (χ3n) is 2.41. The highest BCUT2D eigenvalue weighted by Crippen LogP contribution is 2.25. The fourth-order valence-corrected chi connectivity index (χ4v) is 2.59. The molecule has 0 aliphatic heterocycles. The maximum atomic E-state index is 5.35. The van der Waals surface area contributed by atoms with Crippen LogP contribution in [-0.2, 0) is 6.42 Å². The third kappa shape index (κ3) is 5.33. The number of rotatable bonds is 1. The van der Waals surface area contributed by atoms with Crippen molar-refractivity contribution in [1.82, 2.24) is 0 Å². The summed E-state index contributed by atoms with van der Waals surface area (Å²) in [6.07, 6.45) is 3.58. The molecule has 1 aliphatic rings. The highest BCUT2D eigenvalue weighted by atomic mass is 28.3. The molecule has 17 heavy (non-hydrogen) atoms. The molecule has 0 saturated carbocycles. The zero-order chi connectivity index (χ0) is 13.1. The second kappa shape index (κ2) is 5.65. The molecule has 1 aliphatic carbocycles. The first-order valence-corrected chi connectivity index (χ1v) is 8.65. The van der Waals surface area contributed by atoms with Crippen molar-refractivity contribution in [3.05, 3.63) is 40.6 Å². The molecule has 1 aromatic carbocycles. The quantitative estimate of drug-likeness (QED) is 0.752. The predicted octanol–water partition coefficient (Wildman–Crippen LogP) is 3.66. The Morgan fingerprint density at radius 3 is 2.12 bits per heavy atom. The van der Waals surface area contributed by atoms with Crippen LogP contribution in [0.15, 0.2) is 29.5 Å². The highest BCUT2D eigenvalue weighted by Gasteiger charge is 2.14. The second-order valence-corrected chi connectivity index (χ2v) is 8.55. The number of benzene rings is 1. The molecule has 2 N–H and O–H groups in total. The van der Waals surface area contributed by atoms with E-state index >= 15 is 0 Å². The zero-order valence-electron chi connectivity index (χ0n) is 11.7. The van der Waals surface area contributed by atoms with Gasteiger partial charge in [0.1, 0.15) is 0 Å². The van der Waals surface area contributed by atoms with Crippen LogP contribution in [0.25, 0.3) is 6.08 Å². The topological polar surface area (TPSA) is 26.0 Å². The Kier molecular flexibility index (Phi) is 4.72. The SMILES string of the molecule is CC(C)(C)N.C[Si](C)C1=Cc2ccccc2C1. The molecule has 0 heterocycles. The first-order chi connectivity index (χ1) is 7.77. The van der Waals surface area contributed by atoms with Crippen LogP contribution in [0.2, 0.25) is 13.1 Å². The smallest absolute Gasteiger partial charge is 0.0741 e. The van der Waals surface area contributed by atoms with Gasteiger partial charge in [0.25, 0.3) is 0 Å². The Hall–Kier alpha value is -0.863. The third-order valence-corrected chi connectivity index (χ3v) is 4.01. The largest absolute Gasteiger partial charge is 0.326 e. The standard InChI is InChI=1S/C11H13Si.C4H11N/c1-12(2)11-7-9-5-3-4-6-10(9)8-11;1-4(2,3)5/h3-7H,8H2,1-2H3;5H2,1-3H3. The normalized spacial score (nSPS) is 13.9. The summed E-state index contributed by atoms with van der Waals surface area (Å²) in [6, 6.07) is 8.71. The minimum atomic E-state index is -0.218. The Balaban J connectivity index is 0.000000249. The van der Waals surface area contributed by atoms with E-state index in [-0.39, 0.29) is 14.3 Å². The summed E-state index contributed by atoms with van der Waals surface area (Å²) in [5.74, 6) is 0. The first-order valence-electron chi connectivity index (χ1n) is 6.15. The number of hydrogen-bond acceptors (Lipinski definition) is 1. The summed E-state index contributed by atoms with van der Waals surface area (Å²) in [6.45, 7) is 10.6. The average molecular weight is 246 g/mol. The van der Waals surface area contributed by atoms with E-state index in [2.05, 4.69) is 43.4 Å². The van der Waals surface area contributed by atoms with Gasteiger partial charge in [-0.3, -0.25) is 0 Å². The molecule has 1 radical (unpaired) electrons. The number of allylic oxidation sites excluding steroid dienone is 1. The molecule has 0 aromatic heterocycles. The summed E-state index contributed by atoms with van der Waals surface area (Å²) in [5.41, 5.74) is 8.31. The summed E-state index contributed by atoms with van der Waals surface area (Å²) in [4.78, 5) is 0. The van der Waals surface area contributed by atoms with Crippen LogP contribution in [-0.4, -0.2) is 14.3 Å². The van der Waals surface area contributed by atoms with Gasteiger partial charge in [0, 0.05) is 5.54 Å². The van der Waals surface area contributed by atoms with Crippen molar-refractivity contribution >= 4 is 14.9 Å². The van der Waals surface area contributed by atoms with Gasteiger partial charge in [0.05, 0.1) is 8.80 Å². The molecule has 0 fully saturated rings. The van der Waals surface area contributed by atoms with Crippen molar-refractivity contribution in [2.45, 2.75) is 45.8 Å². The van der Waals surface area contributed by atoms with Crippen LogP contribution in [0.4, 0.5) is 0 Å². The van der Waals surface area contributed by atoms with Crippen LogP contribution < -0.4 is 5.73 Å². The van der Waals surface area contributed by atoms with E-state index in [9.17, 15) is 0 Å². The molecule has 1 aromatic rings. The number of nitrogens with two attached hydrogens (primary N) is 1. The van der Waals surface area contributed by atoms with Crippen LogP contribution >= 0.6 is 0 Å². The molecule has 0 unspecified atom stereocenters. The summed E-state index contributed by atoms with van der Waals surface area (Å²) in [7, 11) is -0.218. The van der Waals surface area contributed by atoms with Crippen LogP contribution in [0.1, 0.15) is 31.9 Å². The zero-order valence-corrected chi connectivity index (χ0v) is 12.7. The summed E-state index contributed by atoms with van der Waals surface area (Å²) in [5, 5.41) is 1.67. The monoisotopic (exact) mass is 246 g/mol. The van der Waals surface area contributed by atoms with Gasteiger partial charge in [-0.2, -0.15) is 0 Å². The Bertz CT molecular complexity index is 394. The van der Waals surface area contributed by atoms with Crippen molar-refractivity contribution in [1.29, 1.82) is 0 Å². The molecule has 2 heteroatoms. The van der Waals surface area contributed by atoms with E-state index in [0.29, 0.717) is 0 Å². The molecule has 0 saturated heterocycles. The maximum absolute atomic E-state index is 5.35. The van der Waals surface area contributed by atoms with Crippen molar-refractivity contribution < 1.29 is 0 Å². The molecule has 0 atom stereocenters. The van der Waals surface area contributed by atoms with Gasteiger partial charge < -0.3 is 5.73 Å². The van der Waals surface area contributed by atoms with Crippen molar-refractivity contribution in [2.75, 3.05) is 0 Å². The fourth-order valence-electron chi connectivity index (χ4n) is 1.60. The summed E-state index contributed by atoms with van der Waals surface area (Å²) >= 11 is 0. The van der Waals surface area contributed by atoms with E-state index in [1.807, 2.05) is 20.8 Å². The predicted molar refractivity (Wildman–Crippen MR) is 79.5 cm³/mol. The average Bonchev–Trinajstić information content (AvgIpc) is 2.58. The Labute approximate surface area is 107 Å². The molecule has 0 amide bonds. The van der Waals surface area contributed by atoms with Gasteiger partial charge in [0.2, 0.25) is 0 Å². The van der Waals surface area contributed by atoms with Crippen molar-refractivity contribution in [2.24, 2.45) is 5.73 Å². The lowest BCUT2D eigenvalue weighted by atomic mass is 10.1. The minimum absolute atomic E-state index is 0. The molecular weight excluding hydrogens is 222 g/mol. The highest BCUT2D eigenvalue weighted by molar-refractivity contribution is 6.65. The molecule has 2 rings (SSSR count).